The molecule has 17 heavy (non-hydrogen) atoms. The van der Waals surface area contributed by atoms with E-state index in [4.69, 9.17) is 11.6 Å². The predicted molar refractivity (Wildman–Crippen MR) is 74.7 cm³/mol. The van der Waals surface area contributed by atoms with Crippen molar-refractivity contribution in [3.05, 3.63) is 29.6 Å². The fourth-order valence-corrected chi connectivity index (χ4v) is 3.61. The molecule has 0 amide bonds. The van der Waals surface area contributed by atoms with Crippen LogP contribution in [-0.4, -0.2) is 24.1 Å². The third kappa shape index (κ3) is 2.89. The van der Waals surface area contributed by atoms with Gasteiger partial charge in [-0.15, -0.1) is 11.6 Å². The molecule has 1 unspecified atom stereocenters. The second-order valence-electron chi connectivity index (χ2n) is 4.22. The van der Waals surface area contributed by atoms with E-state index in [9.17, 15) is 4.39 Å². The number of anilines is 1. The molecule has 0 N–H and O–H groups in total. The lowest BCUT2D eigenvalue weighted by molar-refractivity contribution is 0.614. The summed E-state index contributed by atoms with van der Waals surface area (Å²) in [4.78, 5) is 2.27. The van der Waals surface area contributed by atoms with Gasteiger partial charge in [0, 0.05) is 35.3 Å². The highest BCUT2D eigenvalue weighted by Gasteiger charge is 2.21. The highest BCUT2D eigenvalue weighted by atomic mass is 35.5. The molecule has 4 heteroatoms. The summed E-state index contributed by atoms with van der Waals surface area (Å²) in [5, 5.41) is 0.648. The summed E-state index contributed by atoms with van der Waals surface area (Å²) in [5.74, 6) is 1.16. The van der Waals surface area contributed by atoms with Crippen molar-refractivity contribution in [2.45, 2.75) is 24.5 Å². The molecular weight excluding hydrogens is 257 g/mol. The zero-order valence-corrected chi connectivity index (χ0v) is 11.5. The molecule has 0 aromatic heterocycles. The number of halogens is 2. The van der Waals surface area contributed by atoms with Crippen molar-refractivity contribution in [2.75, 3.05) is 23.7 Å². The van der Waals surface area contributed by atoms with Crippen LogP contribution in [0.15, 0.2) is 18.2 Å². The zero-order chi connectivity index (χ0) is 12.3. The molecule has 1 aromatic rings. The number of alkyl halides is 1. The van der Waals surface area contributed by atoms with E-state index in [1.165, 1.54) is 6.07 Å². The van der Waals surface area contributed by atoms with Gasteiger partial charge in [0.15, 0.2) is 0 Å². The topological polar surface area (TPSA) is 3.24 Å². The number of hydrogen-bond donors (Lipinski definition) is 0. The van der Waals surface area contributed by atoms with Gasteiger partial charge < -0.3 is 4.90 Å². The number of hydrogen-bond acceptors (Lipinski definition) is 2. The lowest BCUT2D eigenvalue weighted by atomic mass is 10.1. The number of thioether (sulfide) groups is 1. The standard InChI is InChI=1S/C13H17ClFNS/c1-2-10-9-16(6-7-17-10)13-5-3-4-12(15)11(13)8-14/h3-5,10H,2,6-9H2,1H3. The van der Waals surface area contributed by atoms with Crippen LogP contribution in [0.2, 0.25) is 0 Å². The third-order valence-electron chi connectivity index (χ3n) is 3.16. The predicted octanol–water partition coefficient (Wildman–Crippen LogP) is 3.90. The third-order valence-corrected chi connectivity index (χ3v) is 4.80. The van der Waals surface area contributed by atoms with E-state index < -0.39 is 0 Å². The average molecular weight is 274 g/mol. The molecular formula is C13H17ClFNS. The summed E-state index contributed by atoms with van der Waals surface area (Å²) in [6.07, 6.45) is 1.16. The normalized spacial score (nSPS) is 20.6. The van der Waals surface area contributed by atoms with Crippen molar-refractivity contribution in [1.82, 2.24) is 0 Å². The largest absolute Gasteiger partial charge is 0.369 e. The molecule has 1 aliphatic rings. The Morgan fingerprint density at radius 2 is 2.35 bits per heavy atom. The van der Waals surface area contributed by atoms with Crippen LogP contribution in [0, 0.1) is 5.82 Å². The second kappa shape index (κ2) is 5.96. The molecule has 1 saturated heterocycles. The Balaban J connectivity index is 2.24. The molecule has 0 radical (unpaired) electrons. The molecule has 1 atom stereocenters. The Hall–Kier alpha value is -0.410. The van der Waals surface area contributed by atoms with Crippen LogP contribution in [0.3, 0.4) is 0 Å². The molecule has 2 rings (SSSR count). The first kappa shape index (κ1) is 13.0. The molecule has 0 aliphatic carbocycles. The molecule has 1 nitrogen and oxygen atoms in total. The molecule has 0 saturated carbocycles. The SMILES string of the molecule is CCC1CN(c2cccc(F)c2CCl)CCS1. The van der Waals surface area contributed by atoms with Crippen LogP contribution in [0.5, 0.6) is 0 Å². The molecule has 94 valence electrons. The van der Waals surface area contributed by atoms with Crippen LogP contribution < -0.4 is 4.90 Å². The lowest BCUT2D eigenvalue weighted by Crippen LogP contribution is -2.38. The second-order valence-corrected chi connectivity index (χ2v) is 5.89. The Bertz CT molecular complexity index is 386. The smallest absolute Gasteiger partial charge is 0.129 e. The fourth-order valence-electron chi connectivity index (χ4n) is 2.16. The Morgan fingerprint density at radius 1 is 1.53 bits per heavy atom. The van der Waals surface area contributed by atoms with E-state index in [2.05, 4.69) is 11.8 Å². The molecule has 0 spiro atoms. The van der Waals surface area contributed by atoms with E-state index in [1.54, 1.807) is 6.07 Å². The van der Waals surface area contributed by atoms with Crippen LogP contribution in [0.25, 0.3) is 0 Å². The van der Waals surface area contributed by atoms with Crippen molar-refractivity contribution >= 4 is 29.1 Å². The van der Waals surface area contributed by atoms with E-state index in [0.717, 1.165) is 31.0 Å². The van der Waals surface area contributed by atoms with Crippen LogP contribution in [0.4, 0.5) is 10.1 Å². The minimum absolute atomic E-state index is 0.191. The van der Waals surface area contributed by atoms with Gasteiger partial charge in [-0.05, 0) is 18.6 Å². The minimum atomic E-state index is -0.191. The molecule has 1 fully saturated rings. The van der Waals surface area contributed by atoms with E-state index in [0.29, 0.717) is 10.8 Å². The van der Waals surface area contributed by atoms with Gasteiger partial charge in [-0.3, -0.25) is 0 Å². The first-order chi connectivity index (χ1) is 8.26. The summed E-state index contributed by atoms with van der Waals surface area (Å²) in [6.45, 7) is 4.18. The van der Waals surface area contributed by atoms with Gasteiger partial charge in [-0.25, -0.2) is 4.39 Å². The average Bonchev–Trinajstić information content (AvgIpc) is 2.38. The quantitative estimate of drug-likeness (QED) is 0.769. The van der Waals surface area contributed by atoms with Crippen molar-refractivity contribution < 1.29 is 4.39 Å². The van der Waals surface area contributed by atoms with Crippen LogP contribution in [0.1, 0.15) is 18.9 Å². The Kier molecular flexibility index (Phi) is 4.57. The van der Waals surface area contributed by atoms with E-state index in [-0.39, 0.29) is 11.7 Å². The number of benzene rings is 1. The first-order valence-electron chi connectivity index (χ1n) is 5.96. The maximum atomic E-state index is 13.7. The van der Waals surface area contributed by atoms with Crippen molar-refractivity contribution in [3.8, 4) is 0 Å². The Labute approximate surface area is 111 Å². The lowest BCUT2D eigenvalue weighted by Gasteiger charge is -2.34. The minimum Gasteiger partial charge on any atom is -0.369 e. The van der Waals surface area contributed by atoms with Crippen molar-refractivity contribution in [1.29, 1.82) is 0 Å². The summed E-state index contributed by atoms with van der Waals surface area (Å²) < 4.78 is 13.7. The summed E-state index contributed by atoms with van der Waals surface area (Å²) >= 11 is 7.87. The van der Waals surface area contributed by atoms with Gasteiger partial charge >= 0.3 is 0 Å². The van der Waals surface area contributed by atoms with Gasteiger partial charge in [-0.2, -0.15) is 11.8 Å². The van der Waals surface area contributed by atoms with E-state index >= 15 is 0 Å². The number of rotatable bonds is 3. The monoisotopic (exact) mass is 273 g/mol. The summed E-state index contributed by atoms with van der Waals surface area (Å²) in [5.41, 5.74) is 1.61. The highest BCUT2D eigenvalue weighted by molar-refractivity contribution is 8.00. The molecule has 1 aromatic carbocycles. The highest BCUT2D eigenvalue weighted by Crippen LogP contribution is 2.30. The molecule has 1 heterocycles. The van der Waals surface area contributed by atoms with Crippen LogP contribution in [-0.2, 0) is 5.88 Å². The van der Waals surface area contributed by atoms with Crippen molar-refractivity contribution in [2.24, 2.45) is 0 Å². The fraction of sp³-hybridized carbons (Fsp3) is 0.538. The van der Waals surface area contributed by atoms with Gasteiger partial charge in [0.2, 0.25) is 0 Å². The van der Waals surface area contributed by atoms with Gasteiger partial charge in [0.25, 0.3) is 0 Å². The van der Waals surface area contributed by atoms with Gasteiger partial charge in [0.05, 0.1) is 5.88 Å². The van der Waals surface area contributed by atoms with Gasteiger partial charge in [0.1, 0.15) is 5.82 Å². The maximum absolute atomic E-state index is 13.7. The maximum Gasteiger partial charge on any atom is 0.129 e. The Morgan fingerprint density at radius 3 is 3.06 bits per heavy atom. The first-order valence-corrected chi connectivity index (χ1v) is 7.54. The summed E-state index contributed by atoms with van der Waals surface area (Å²) in [6, 6.07) is 5.23. The van der Waals surface area contributed by atoms with Gasteiger partial charge in [-0.1, -0.05) is 13.0 Å². The van der Waals surface area contributed by atoms with Crippen LogP contribution >= 0.6 is 23.4 Å². The number of nitrogens with zero attached hydrogens (tertiary/aromatic N) is 1. The zero-order valence-electron chi connectivity index (χ0n) is 9.96. The summed E-state index contributed by atoms with van der Waals surface area (Å²) in [7, 11) is 0. The molecule has 0 bridgehead atoms. The molecule has 1 aliphatic heterocycles. The van der Waals surface area contributed by atoms with Crippen molar-refractivity contribution in [3.63, 3.8) is 0 Å². The van der Waals surface area contributed by atoms with E-state index in [1.807, 2.05) is 17.8 Å².